The molecule has 2 fully saturated rings. The highest BCUT2D eigenvalue weighted by molar-refractivity contribution is 5.83. The monoisotopic (exact) mass is 486 g/mol. The molecule has 1 amide bonds. The summed E-state index contributed by atoms with van der Waals surface area (Å²) in [5.74, 6) is -0.695. The molecule has 4 rings (SSSR count). The number of hydrogen-bond acceptors (Lipinski definition) is 3. The van der Waals surface area contributed by atoms with E-state index >= 15 is 0 Å². The van der Waals surface area contributed by atoms with Crippen LogP contribution >= 0.6 is 0 Å². The standard InChI is InChI=1S/C24H24F6N2O2/c25-23(26,27)17-5-1-15(2-6-17)19-13-20(19)22(33)31-14-21(32-9-11-34-12-10-32)16-3-7-18(8-4-16)24(28,29)30/h1-8,19-21H,9-14H2,(H,31,33). The first-order chi connectivity index (χ1) is 16.0. The van der Waals surface area contributed by atoms with Crippen molar-refractivity contribution in [3.8, 4) is 0 Å². The highest BCUT2D eigenvalue weighted by Gasteiger charge is 2.44. The number of hydrogen-bond donors (Lipinski definition) is 1. The summed E-state index contributed by atoms with van der Waals surface area (Å²) >= 11 is 0. The van der Waals surface area contributed by atoms with Gasteiger partial charge >= 0.3 is 12.4 Å². The second kappa shape index (κ2) is 9.58. The third kappa shape index (κ3) is 5.72. The first-order valence-corrected chi connectivity index (χ1v) is 11.0. The SMILES string of the molecule is O=C(NCC(c1ccc(C(F)(F)F)cc1)N1CCOCC1)C1CC1c1ccc(C(F)(F)F)cc1. The lowest BCUT2D eigenvalue weighted by atomic mass is 10.0. The first-order valence-electron chi connectivity index (χ1n) is 11.0. The molecule has 3 unspecified atom stereocenters. The Morgan fingerprint density at radius 2 is 1.44 bits per heavy atom. The minimum Gasteiger partial charge on any atom is -0.379 e. The van der Waals surface area contributed by atoms with Crippen LogP contribution in [0.5, 0.6) is 0 Å². The third-order valence-electron chi connectivity index (χ3n) is 6.37. The maximum atomic E-state index is 12.9. The zero-order valence-electron chi connectivity index (χ0n) is 18.1. The number of benzene rings is 2. The summed E-state index contributed by atoms with van der Waals surface area (Å²) in [7, 11) is 0. The fraction of sp³-hybridized carbons (Fsp3) is 0.458. The minimum absolute atomic E-state index is 0.143. The van der Waals surface area contributed by atoms with Crippen LogP contribution in [0.3, 0.4) is 0 Å². The highest BCUT2D eigenvalue weighted by atomic mass is 19.4. The number of nitrogens with zero attached hydrogens (tertiary/aromatic N) is 1. The molecule has 3 atom stereocenters. The van der Waals surface area contributed by atoms with E-state index in [9.17, 15) is 31.1 Å². The van der Waals surface area contributed by atoms with Gasteiger partial charge in [0.2, 0.25) is 5.91 Å². The quantitative estimate of drug-likeness (QED) is 0.584. The van der Waals surface area contributed by atoms with Crippen LogP contribution < -0.4 is 5.32 Å². The summed E-state index contributed by atoms with van der Waals surface area (Å²) in [6, 6.07) is 9.44. The van der Waals surface area contributed by atoms with Crippen molar-refractivity contribution in [2.45, 2.75) is 30.7 Å². The second-order valence-corrected chi connectivity index (χ2v) is 8.60. The molecule has 10 heteroatoms. The number of amides is 1. The molecule has 0 spiro atoms. The van der Waals surface area contributed by atoms with E-state index in [4.69, 9.17) is 4.74 Å². The van der Waals surface area contributed by atoms with Crippen molar-refractivity contribution in [1.82, 2.24) is 10.2 Å². The van der Waals surface area contributed by atoms with Gasteiger partial charge in [0.1, 0.15) is 0 Å². The predicted molar refractivity (Wildman–Crippen MR) is 112 cm³/mol. The fourth-order valence-corrected chi connectivity index (χ4v) is 4.34. The number of ether oxygens (including phenoxy) is 1. The molecule has 2 aromatic rings. The topological polar surface area (TPSA) is 41.6 Å². The van der Waals surface area contributed by atoms with Crippen LogP contribution in [0.1, 0.15) is 40.6 Å². The molecule has 0 bridgehead atoms. The van der Waals surface area contributed by atoms with Gasteiger partial charge in [0, 0.05) is 25.6 Å². The molecule has 0 aromatic heterocycles. The van der Waals surface area contributed by atoms with Crippen LogP contribution in [0.25, 0.3) is 0 Å². The van der Waals surface area contributed by atoms with Gasteiger partial charge in [-0.25, -0.2) is 0 Å². The predicted octanol–water partition coefficient (Wildman–Crippen LogP) is 5.02. The van der Waals surface area contributed by atoms with Crippen LogP contribution in [0.4, 0.5) is 26.3 Å². The molecule has 34 heavy (non-hydrogen) atoms. The zero-order chi connectivity index (χ0) is 24.5. The number of carbonyl (C=O) groups excluding carboxylic acids is 1. The van der Waals surface area contributed by atoms with E-state index in [-0.39, 0.29) is 30.3 Å². The van der Waals surface area contributed by atoms with Crippen molar-refractivity contribution >= 4 is 5.91 Å². The zero-order valence-corrected chi connectivity index (χ0v) is 18.1. The lowest BCUT2D eigenvalue weighted by Gasteiger charge is -2.35. The van der Waals surface area contributed by atoms with E-state index in [2.05, 4.69) is 10.2 Å². The van der Waals surface area contributed by atoms with Gasteiger partial charge in [-0.3, -0.25) is 9.69 Å². The minimum atomic E-state index is -4.43. The molecule has 1 saturated carbocycles. The molecule has 1 aliphatic heterocycles. The molecule has 1 heterocycles. The Balaban J connectivity index is 1.40. The maximum absolute atomic E-state index is 12.9. The largest absolute Gasteiger partial charge is 0.416 e. The van der Waals surface area contributed by atoms with E-state index in [0.29, 0.717) is 43.9 Å². The molecule has 2 aliphatic rings. The number of alkyl halides is 6. The summed E-state index contributed by atoms with van der Waals surface area (Å²) in [4.78, 5) is 14.8. The Kier molecular flexibility index (Phi) is 6.91. The summed E-state index contributed by atoms with van der Waals surface area (Å²) < 4.78 is 82.5. The van der Waals surface area contributed by atoms with Crippen molar-refractivity contribution in [1.29, 1.82) is 0 Å². The van der Waals surface area contributed by atoms with E-state index in [1.54, 1.807) is 0 Å². The van der Waals surface area contributed by atoms with E-state index < -0.39 is 23.5 Å². The Morgan fingerprint density at radius 3 is 1.97 bits per heavy atom. The van der Waals surface area contributed by atoms with E-state index in [0.717, 1.165) is 24.3 Å². The lowest BCUT2D eigenvalue weighted by Crippen LogP contribution is -2.44. The molecule has 1 saturated heterocycles. The van der Waals surface area contributed by atoms with Gasteiger partial charge in [-0.15, -0.1) is 0 Å². The molecule has 1 N–H and O–H groups in total. The van der Waals surface area contributed by atoms with E-state index in [1.165, 1.54) is 24.3 Å². The molecular weight excluding hydrogens is 462 g/mol. The average molecular weight is 486 g/mol. The molecule has 1 aliphatic carbocycles. The Labute approximate surface area is 192 Å². The van der Waals surface area contributed by atoms with E-state index in [1.807, 2.05) is 0 Å². The molecule has 184 valence electrons. The van der Waals surface area contributed by atoms with Crippen LogP contribution in [0.2, 0.25) is 0 Å². The second-order valence-electron chi connectivity index (χ2n) is 8.60. The summed E-state index contributed by atoms with van der Waals surface area (Å²) in [5, 5.41) is 2.90. The first kappa shape index (κ1) is 24.5. The smallest absolute Gasteiger partial charge is 0.379 e. The Morgan fingerprint density at radius 1 is 0.912 bits per heavy atom. The molecular formula is C24H24F6N2O2. The van der Waals surface area contributed by atoms with Gasteiger partial charge in [0.15, 0.2) is 0 Å². The fourth-order valence-electron chi connectivity index (χ4n) is 4.34. The van der Waals surface area contributed by atoms with Gasteiger partial charge in [0.05, 0.1) is 30.4 Å². The van der Waals surface area contributed by atoms with Crippen molar-refractivity contribution < 1.29 is 35.9 Å². The summed E-state index contributed by atoms with van der Waals surface area (Å²) in [6.07, 6.45) is -8.30. The number of rotatable bonds is 6. The lowest BCUT2D eigenvalue weighted by molar-refractivity contribution is -0.138. The molecule has 4 nitrogen and oxygen atoms in total. The Bertz CT molecular complexity index is 983. The van der Waals surface area contributed by atoms with Crippen LogP contribution in [0.15, 0.2) is 48.5 Å². The van der Waals surface area contributed by atoms with Crippen molar-refractivity contribution in [3.05, 3.63) is 70.8 Å². The van der Waals surface area contributed by atoms with Crippen LogP contribution in [-0.2, 0) is 21.9 Å². The van der Waals surface area contributed by atoms with Crippen LogP contribution in [-0.4, -0.2) is 43.7 Å². The van der Waals surface area contributed by atoms with Gasteiger partial charge in [-0.05, 0) is 47.7 Å². The van der Waals surface area contributed by atoms with Crippen molar-refractivity contribution in [3.63, 3.8) is 0 Å². The van der Waals surface area contributed by atoms with Gasteiger partial charge in [-0.2, -0.15) is 26.3 Å². The molecule has 0 radical (unpaired) electrons. The number of nitrogens with one attached hydrogen (secondary N) is 1. The van der Waals surface area contributed by atoms with Gasteiger partial charge < -0.3 is 10.1 Å². The third-order valence-corrected chi connectivity index (χ3v) is 6.37. The molecule has 2 aromatic carbocycles. The average Bonchev–Trinajstić information content (AvgIpc) is 3.60. The van der Waals surface area contributed by atoms with Gasteiger partial charge in [0.25, 0.3) is 0 Å². The number of carbonyl (C=O) groups is 1. The number of halogens is 6. The Hall–Kier alpha value is -2.59. The maximum Gasteiger partial charge on any atom is 0.416 e. The van der Waals surface area contributed by atoms with Crippen molar-refractivity contribution in [2.75, 3.05) is 32.8 Å². The number of morpholine rings is 1. The van der Waals surface area contributed by atoms with Gasteiger partial charge in [-0.1, -0.05) is 24.3 Å². The highest BCUT2D eigenvalue weighted by Crippen LogP contribution is 2.48. The summed E-state index contributed by atoms with van der Waals surface area (Å²) in [6.45, 7) is 2.35. The van der Waals surface area contributed by atoms with Crippen LogP contribution in [0, 0.1) is 5.92 Å². The summed E-state index contributed by atoms with van der Waals surface area (Å²) in [5.41, 5.74) is -0.132. The van der Waals surface area contributed by atoms with Crippen molar-refractivity contribution in [2.24, 2.45) is 5.92 Å². The normalized spacial score (nSPS) is 22.3.